The highest BCUT2D eigenvalue weighted by atomic mass is 16.5. The quantitative estimate of drug-likeness (QED) is 0.849. The summed E-state index contributed by atoms with van der Waals surface area (Å²) in [5.74, 6) is 1.62. The van der Waals surface area contributed by atoms with Gasteiger partial charge in [0.05, 0.1) is 7.11 Å². The van der Waals surface area contributed by atoms with Crippen molar-refractivity contribution in [3.05, 3.63) is 53.9 Å². The lowest BCUT2D eigenvalue weighted by Crippen LogP contribution is -2.21. The number of rotatable bonds is 4. The molecule has 106 valence electrons. The van der Waals surface area contributed by atoms with E-state index < -0.39 is 0 Å². The predicted molar refractivity (Wildman–Crippen MR) is 81.0 cm³/mol. The van der Waals surface area contributed by atoms with Crippen LogP contribution in [0.5, 0.6) is 5.75 Å². The van der Waals surface area contributed by atoms with Crippen molar-refractivity contribution < 1.29 is 4.74 Å². The number of hydrogen-bond donors (Lipinski definition) is 0. The highest BCUT2D eigenvalue weighted by Crippen LogP contribution is 2.33. The lowest BCUT2D eigenvalue weighted by Gasteiger charge is -2.18. The van der Waals surface area contributed by atoms with Gasteiger partial charge in [0, 0.05) is 37.9 Å². The van der Waals surface area contributed by atoms with Gasteiger partial charge in [-0.2, -0.15) is 0 Å². The van der Waals surface area contributed by atoms with E-state index in [0.717, 1.165) is 25.4 Å². The van der Waals surface area contributed by atoms with Crippen molar-refractivity contribution in [3.8, 4) is 5.75 Å². The molecule has 0 unspecified atom stereocenters. The van der Waals surface area contributed by atoms with E-state index >= 15 is 0 Å². The number of ether oxygens (including phenoxy) is 1. The molecule has 1 atom stereocenters. The van der Waals surface area contributed by atoms with Crippen LogP contribution in [0.2, 0.25) is 0 Å². The van der Waals surface area contributed by atoms with Crippen LogP contribution in [-0.4, -0.2) is 29.7 Å². The van der Waals surface area contributed by atoms with Gasteiger partial charge in [-0.15, -0.1) is 0 Å². The van der Waals surface area contributed by atoms with Crippen LogP contribution >= 0.6 is 0 Å². The highest BCUT2D eigenvalue weighted by Gasteiger charge is 2.26. The van der Waals surface area contributed by atoms with Gasteiger partial charge in [0.15, 0.2) is 0 Å². The van der Waals surface area contributed by atoms with E-state index in [9.17, 15) is 0 Å². The summed E-state index contributed by atoms with van der Waals surface area (Å²) in [5, 5.41) is 0. The topological polar surface area (TPSA) is 17.4 Å². The molecule has 0 N–H and O–H groups in total. The number of aromatic nitrogens is 1. The monoisotopic (exact) mass is 270 g/mol. The Balaban J connectivity index is 1.69. The molecule has 0 bridgehead atoms. The summed E-state index contributed by atoms with van der Waals surface area (Å²) < 4.78 is 7.70. The maximum Gasteiger partial charge on any atom is 0.122 e. The number of nitrogens with zero attached hydrogens (tertiary/aromatic N) is 2. The second-order valence-electron chi connectivity index (χ2n) is 5.57. The molecule has 3 rings (SSSR count). The van der Waals surface area contributed by atoms with E-state index in [1.54, 1.807) is 7.11 Å². The molecule has 0 saturated carbocycles. The fourth-order valence-electron chi connectivity index (χ4n) is 3.12. The van der Waals surface area contributed by atoms with E-state index in [4.69, 9.17) is 4.74 Å². The summed E-state index contributed by atoms with van der Waals surface area (Å²) in [6.45, 7) is 3.31. The Morgan fingerprint density at radius 2 is 2.05 bits per heavy atom. The van der Waals surface area contributed by atoms with Crippen LogP contribution in [-0.2, 0) is 13.6 Å². The molecule has 0 radical (unpaired) electrons. The Bertz CT molecular complexity index is 576. The van der Waals surface area contributed by atoms with Gasteiger partial charge in [0.25, 0.3) is 0 Å². The number of methoxy groups -OCH3 is 1. The molecule has 1 aliphatic heterocycles. The molecule has 2 heterocycles. The van der Waals surface area contributed by atoms with Gasteiger partial charge in [-0.05, 0) is 36.7 Å². The van der Waals surface area contributed by atoms with Gasteiger partial charge < -0.3 is 9.30 Å². The largest absolute Gasteiger partial charge is 0.496 e. The molecule has 1 saturated heterocycles. The van der Waals surface area contributed by atoms with E-state index in [0.29, 0.717) is 5.92 Å². The molecule has 1 aromatic carbocycles. The standard InChI is InChI=1S/C17H22N2O/c1-18-10-5-6-15(18)13-19-11-9-14(12-19)16-7-3-4-8-17(16)20-2/h3-8,10,14H,9,11-13H2,1-2H3/t14-/m0/s1. The Morgan fingerprint density at radius 3 is 2.80 bits per heavy atom. The van der Waals surface area contributed by atoms with Gasteiger partial charge >= 0.3 is 0 Å². The first-order chi connectivity index (χ1) is 9.78. The molecule has 0 aliphatic carbocycles. The molecule has 3 heteroatoms. The van der Waals surface area contributed by atoms with Crippen molar-refractivity contribution in [3.63, 3.8) is 0 Å². The lowest BCUT2D eigenvalue weighted by atomic mass is 9.97. The third-order valence-corrected chi connectivity index (χ3v) is 4.29. The van der Waals surface area contributed by atoms with E-state index in [1.165, 1.54) is 17.7 Å². The van der Waals surface area contributed by atoms with Gasteiger partial charge in [0.1, 0.15) is 5.75 Å². The SMILES string of the molecule is COc1ccccc1[C@H]1CCN(Cc2cccn2C)C1. The molecular weight excluding hydrogens is 248 g/mol. The number of para-hydroxylation sites is 1. The Kier molecular flexibility index (Phi) is 3.79. The van der Waals surface area contributed by atoms with Gasteiger partial charge in [-0.3, -0.25) is 4.90 Å². The van der Waals surface area contributed by atoms with E-state index in [-0.39, 0.29) is 0 Å². The summed E-state index contributed by atoms with van der Waals surface area (Å²) in [6.07, 6.45) is 3.33. The van der Waals surface area contributed by atoms with Crippen molar-refractivity contribution in [1.82, 2.24) is 9.47 Å². The zero-order chi connectivity index (χ0) is 13.9. The molecule has 20 heavy (non-hydrogen) atoms. The van der Waals surface area contributed by atoms with Crippen LogP contribution < -0.4 is 4.74 Å². The summed E-state index contributed by atoms with van der Waals surface area (Å²) >= 11 is 0. The number of likely N-dealkylation sites (tertiary alicyclic amines) is 1. The second-order valence-corrected chi connectivity index (χ2v) is 5.57. The zero-order valence-corrected chi connectivity index (χ0v) is 12.2. The maximum atomic E-state index is 5.50. The van der Waals surface area contributed by atoms with Crippen LogP contribution in [0, 0.1) is 0 Å². The van der Waals surface area contributed by atoms with Crippen LogP contribution in [0.25, 0.3) is 0 Å². The zero-order valence-electron chi connectivity index (χ0n) is 12.2. The molecule has 1 fully saturated rings. The van der Waals surface area contributed by atoms with Crippen LogP contribution in [0.15, 0.2) is 42.6 Å². The van der Waals surface area contributed by atoms with Crippen molar-refractivity contribution in [2.45, 2.75) is 18.9 Å². The Labute approximate surface area is 120 Å². The molecule has 1 aromatic heterocycles. The van der Waals surface area contributed by atoms with Crippen molar-refractivity contribution >= 4 is 0 Å². The predicted octanol–water partition coefficient (Wildman–Crippen LogP) is 3.02. The summed E-state index contributed by atoms with van der Waals surface area (Å²) in [4.78, 5) is 2.53. The van der Waals surface area contributed by atoms with Crippen LogP contribution in [0.1, 0.15) is 23.6 Å². The molecular formula is C17H22N2O. The Hall–Kier alpha value is -1.74. The molecule has 0 spiro atoms. The van der Waals surface area contributed by atoms with Gasteiger partial charge in [0.2, 0.25) is 0 Å². The van der Waals surface area contributed by atoms with Gasteiger partial charge in [-0.1, -0.05) is 18.2 Å². The average molecular weight is 270 g/mol. The average Bonchev–Trinajstić information content (AvgIpc) is 3.09. The number of aryl methyl sites for hydroxylation is 1. The van der Waals surface area contributed by atoms with E-state index in [1.807, 2.05) is 6.07 Å². The third kappa shape index (κ3) is 2.59. The van der Waals surface area contributed by atoms with Crippen LogP contribution in [0.3, 0.4) is 0 Å². The molecule has 1 aliphatic rings. The second kappa shape index (κ2) is 5.71. The van der Waals surface area contributed by atoms with Crippen molar-refractivity contribution in [2.75, 3.05) is 20.2 Å². The maximum absolute atomic E-state index is 5.50. The fraction of sp³-hybridized carbons (Fsp3) is 0.412. The summed E-state index contributed by atoms with van der Waals surface area (Å²) in [7, 11) is 3.87. The minimum Gasteiger partial charge on any atom is -0.496 e. The minimum atomic E-state index is 0.589. The first-order valence-electron chi connectivity index (χ1n) is 7.23. The highest BCUT2D eigenvalue weighted by molar-refractivity contribution is 5.37. The lowest BCUT2D eigenvalue weighted by molar-refractivity contribution is 0.318. The van der Waals surface area contributed by atoms with Crippen LogP contribution in [0.4, 0.5) is 0 Å². The summed E-state index contributed by atoms with van der Waals surface area (Å²) in [5.41, 5.74) is 2.73. The number of hydrogen-bond acceptors (Lipinski definition) is 2. The van der Waals surface area contributed by atoms with Crippen molar-refractivity contribution in [2.24, 2.45) is 7.05 Å². The summed E-state index contributed by atoms with van der Waals surface area (Å²) in [6, 6.07) is 12.7. The smallest absolute Gasteiger partial charge is 0.122 e. The fourth-order valence-corrected chi connectivity index (χ4v) is 3.12. The van der Waals surface area contributed by atoms with E-state index in [2.05, 4.69) is 53.0 Å². The van der Waals surface area contributed by atoms with Gasteiger partial charge in [-0.25, -0.2) is 0 Å². The molecule has 2 aromatic rings. The first-order valence-corrected chi connectivity index (χ1v) is 7.23. The van der Waals surface area contributed by atoms with Crippen molar-refractivity contribution in [1.29, 1.82) is 0 Å². The molecule has 0 amide bonds. The number of benzene rings is 1. The third-order valence-electron chi connectivity index (χ3n) is 4.29. The first kappa shape index (κ1) is 13.3. The Morgan fingerprint density at radius 1 is 1.20 bits per heavy atom. The minimum absolute atomic E-state index is 0.589. The normalized spacial score (nSPS) is 19.4. The molecule has 3 nitrogen and oxygen atoms in total.